The molecule has 0 aromatic rings. The highest BCUT2D eigenvalue weighted by atomic mass is 16.6. The molecule has 1 atom stereocenters. The molecule has 0 bridgehead atoms. The van der Waals surface area contributed by atoms with Crippen LogP contribution < -0.4 is 5.32 Å². The minimum absolute atomic E-state index is 0.0670. The van der Waals surface area contributed by atoms with Crippen LogP contribution in [-0.4, -0.2) is 41.1 Å². The van der Waals surface area contributed by atoms with Gasteiger partial charge in [0, 0.05) is 12.6 Å². The number of carbonyl (C=O) groups excluding carboxylic acids is 2. The van der Waals surface area contributed by atoms with Crippen molar-refractivity contribution in [3.63, 3.8) is 0 Å². The standard InChI is InChI=1S/C13H24N2O3/c1-9(2)14-12(17)15-8-6-7-10(15)11(16)18-13(3,4)5/h9-10H,6-8H2,1-5H3,(H,14,17)/t10-/m0/s1. The van der Waals surface area contributed by atoms with Crippen molar-refractivity contribution >= 4 is 12.0 Å². The Morgan fingerprint density at radius 3 is 2.44 bits per heavy atom. The molecule has 0 aromatic carbocycles. The topological polar surface area (TPSA) is 58.6 Å². The minimum atomic E-state index is -0.514. The van der Waals surface area contributed by atoms with Crippen LogP contribution in [0, 0.1) is 0 Å². The Bertz CT molecular complexity index is 321. The van der Waals surface area contributed by atoms with E-state index in [1.54, 1.807) is 4.90 Å². The third-order valence-electron chi connectivity index (χ3n) is 2.60. The highest BCUT2D eigenvalue weighted by Crippen LogP contribution is 2.21. The van der Waals surface area contributed by atoms with E-state index in [-0.39, 0.29) is 18.0 Å². The quantitative estimate of drug-likeness (QED) is 0.768. The highest BCUT2D eigenvalue weighted by molar-refractivity contribution is 5.84. The van der Waals surface area contributed by atoms with E-state index in [0.717, 1.165) is 6.42 Å². The van der Waals surface area contributed by atoms with Crippen LogP contribution >= 0.6 is 0 Å². The number of hydrogen-bond acceptors (Lipinski definition) is 3. The second-order valence-corrected chi connectivity index (χ2v) is 5.99. The molecule has 2 amide bonds. The predicted molar refractivity (Wildman–Crippen MR) is 69.2 cm³/mol. The molecule has 0 radical (unpaired) electrons. The van der Waals surface area contributed by atoms with Crippen molar-refractivity contribution in [1.82, 2.24) is 10.2 Å². The van der Waals surface area contributed by atoms with Crippen LogP contribution in [0.4, 0.5) is 4.79 Å². The van der Waals surface area contributed by atoms with Crippen molar-refractivity contribution in [3.8, 4) is 0 Å². The van der Waals surface area contributed by atoms with Gasteiger partial charge in [-0.15, -0.1) is 0 Å². The fourth-order valence-corrected chi connectivity index (χ4v) is 1.95. The Kier molecular flexibility index (Phi) is 4.59. The lowest BCUT2D eigenvalue weighted by Crippen LogP contribution is -2.49. The molecule has 1 heterocycles. The average Bonchev–Trinajstić information content (AvgIpc) is 2.61. The summed E-state index contributed by atoms with van der Waals surface area (Å²) in [6, 6.07) is -0.557. The molecule has 1 N–H and O–H groups in total. The summed E-state index contributed by atoms with van der Waals surface area (Å²) < 4.78 is 5.35. The molecule has 1 aliphatic heterocycles. The molecule has 1 saturated heterocycles. The third-order valence-corrected chi connectivity index (χ3v) is 2.60. The first-order valence-corrected chi connectivity index (χ1v) is 6.50. The van der Waals surface area contributed by atoms with Gasteiger partial charge in [-0.3, -0.25) is 0 Å². The van der Waals surface area contributed by atoms with Gasteiger partial charge < -0.3 is 15.0 Å². The number of carbonyl (C=O) groups is 2. The number of rotatable bonds is 2. The zero-order valence-corrected chi connectivity index (χ0v) is 11.9. The zero-order valence-electron chi connectivity index (χ0n) is 11.9. The molecule has 0 aromatic heterocycles. The maximum atomic E-state index is 12.0. The van der Waals surface area contributed by atoms with Gasteiger partial charge in [-0.2, -0.15) is 0 Å². The number of nitrogens with zero attached hydrogens (tertiary/aromatic N) is 1. The number of ether oxygens (including phenoxy) is 1. The van der Waals surface area contributed by atoms with Gasteiger partial charge in [-0.05, 0) is 47.5 Å². The summed E-state index contributed by atoms with van der Waals surface area (Å²) >= 11 is 0. The number of nitrogens with one attached hydrogen (secondary N) is 1. The number of likely N-dealkylation sites (tertiary alicyclic amines) is 1. The monoisotopic (exact) mass is 256 g/mol. The molecule has 1 rings (SSSR count). The van der Waals surface area contributed by atoms with E-state index in [1.807, 2.05) is 34.6 Å². The van der Waals surface area contributed by atoms with E-state index in [0.29, 0.717) is 13.0 Å². The van der Waals surface area contributed by atoms with E-state index in [2.05, 4.69) is 5.32 Å². The van der Waals surface area contributed by atoms with Crippen molar-refractivity contribution < 1.29 is 14.3 Å². The molecule has 104 valence electrons. The Morgan fingerprint density at radius 1 is 1.33 bits per heavy atom. The van der Waals surface area contributed by atoms with Gasteiger partial charge in [-0.1, -0.05) is 0 Å². The lowest BCUT2D eigenvalue weighted by molar-refractivity contribution is -0.159. The Labute approximate surface area is 109 Å². The van der Waals surface area contributed by atoms with E-state index < -0.39 is 11.6 Å². The first-order valence-electron chi connectivity index (χ1n) is 6.50. The smallest absolute Gasteiger partial charge is 0.329 e. The van der Waals surface area contributed by atoms with Gasteiger partial charge in [0.15, 0.2) is 0 Å². The molecule has 0 saturated carbocycles. The average molecular weight is 256 g/mol. The summed E-state index contributed by atoms with van der Waals surface area (Å²) in [6.45, 7) is 9.91. The third kappa shape index (κ3) is 4.20. The second kappa shape index (κ2) is 5.59. The Hall–Kier alpha value is -1.26. The van der Waals surface area contributed by atoms with Crippen LogP contribution in [0.1, 0.15) is 47.5 Å². The van der Waals surface area contributed by atoms with Gasteiger partial charge in [0.2, 0.25) is 0 Å². The maximum absolute atomic E-state index is 12.0. The molecule has 0 unspecified atom stereocenters. The van der Waals surface area contributed by atoms with E-state index in [4.69, 9.17) is 4.74 Å². The minimum Gasteiger partial charge on any atom is -0.458 e. The van der Waals surface area contributed by atoms with E-state index in [1.165, 1.54) is 0 Å². The summed E-state index contributed by atoms with van der Waals surface area (Å²) in [5.41, 5.74) is -0.514. The largest absolute Gasteiger partial charge is 0.458 e. The predicted octanol–water partition coefficient (Wildman–Crippen LogP) is 1.91. The number of urea groups is 1. The molecule has 1 fully saturated rings. The Morgan fingerprint density at radius 2 is 1.94 bits per heavy atom. The second-order valence-electron chi connectivity index (χ2n) is 5.99. The van der Waals surface area contributed by atoms with Crippen LogP contribution in [0.5, 0.6) is 0 Å². The first-order chi connectivity index (χ1) is 8.20. The van der Waals surface area contributed by atoms with Crippen molar-refractivity contribution in [2.45, 2.75) is 65.1 Å². The summed E-state index contributed by atoms with van der Waals surface area (Å²) in [6.07, 6.45) is 1.52. The van der Waals surface area contributed by atoms with Gasteiger partial charge in [0.05, 0.1) is 0 Å². The zero-order chi connectivity index (χ0) is 13.9. The molecule has 18 heavy (non-hydrogen) atoms. The first kappa shape index (κ1) is 14.8. The molecular weight excluding hydrogens is 232 g/mol. The summed E-state index contributed by atoms with van der Waals surface area (Å²) in [5, 5.41) is 2.81. The van der Waals surface area contributed by atoms with E-state index in [9.17, 15) is 9.59 Å². The lowest BCUT2D eigenvalue weighted by Gasteiger charge is -2.28. The molecule has 5 heteroatoms. The highest BCUT2D eigenvalue weighted by Gasteiger charge is 2.36. The van der Waals surface area contributed by atoms with Gasteiger partial charge >= 0.3 is 12.0 Å². The lowest BCUT2D eigenvalue weighted by atomic mass is 10.1. The SMILES string of the molecule is CC(C)NC(=O)N1CCC[C@H]1C(=O)OC(C)(C)C. The van der Waals surface area contributed by atoms with Crippen molar-refractivity contribution in [2.75, 3.05) is 6.54 Å². The molecule has 0 aliphatic carbocycles. The fraction of sp³-hybridized carbons (Fsp3) is 0.846. The summed E-state index contributed by atoms with van der Waals surface area (Å²) in [7, 11) is 0. The van der Waals surface area contributed by atoms with Crippen LogP contribution in [-0.2, 0) is 9.53 Å². The fourth-order valence-electron chi connectivity index (χ4n) is 1.95. The molecule has 5 nitrogen and oxygen atoms in total. The molecular formula is C13H24N2O3. The number of hydrogen-bond donors (Lipinski definition) is 1. The van der Waals surface area contributed by atoms with Gasteiger partial charge in [-0.25, -0.2) is 9.59 Å². The van der Waals surface area contributed by atoms with Crippen LogP contribution in [0.15, 0.2) is 0 Å². The molecule has 1 aliphatic rings. The maximum Gasteiger partial charge on any atom is 0.329 e. The summed E-state index contributed by atoms with van der Waals surface area (Å²) in [4.78, 5) is 25.5. The number of amides is 2. The van der Waals surface area contributed by atoms with Crippen molar-refractivity contribution in [1.29, 1.82) is 0 Å². The van der Waals surface area contributed by atoms with Crippen LogP contribution in [0.25, 0.3) is 0 Å². The number of esters is 1. The Balaban J connectivity index is 2.64. The van der Waals surface area contributed by atoms with Crippen molar-refractivity contribution in [3.05, 3.63) is 0 Å². The van der Waals surface area contributed by atoms with Crippen LogP contribution in [0.3, 0.4) is 0 Å². The van der Waals surface area contributed by atoms with Crippen LogP contribution in [0.2, 0.25) is 0 Å². The summed E-state index contributed by atoms with van der Waals surface area (Å²) in [5.74, 6) is -0.307. The van der Waals surface area contributed by atoms with Crippen molar-refractivity contribution in [2.24, 2.45) is 0 Å². The normalized spacial score (nSPS) is 20.1. The van der Waals surface area contributed by atoms with Gasteiger partial charge in [0.25, 0.3) is 0 Å². The molecule has 0 spiro atoms. The van der Waals surface area contributed by atoms with Gasteiger partial charge in [0.1, 0.15) is 11.6 Å². The van der Waals surface area contributed by atoms with E-state index >= 15 is 0 Å².